The van der Waals surface area contributed by atoms with E-state index in [9.17, 15) is 4.79 Å². The van der Waals surface area contributed by atoms with Gasteiger partial charge in [-0.05, 0) is 63.5 Å². The van der Waals surface area contributed by atoms with E-state index < -0.39 is 5.97 Å². The normalized spacial score (nSPS) is 11.5. The highest BCUT2D eigenvalue weighted by Crippen LogP contribution is 2.14. The minimum Gasteiger partial charge on any atom is -0.490 e. The molecule has 1 rings (SSSR count). The second-order valence-corrected chi connectivity index (χ2v) is 5.42. The topological polar surface area (TPSA) is 46.5 Å². The van der Waals surface area contributed by atoms with Crippen molar-refractivity contribution in [3.63, 3.8) is 0 Å². The zero-order valence-electron chi connectivity index (χ0n) is 13.5. The molecule has 0 spiro atoms. The van der Waals surface area contributed by atoms with Crippen LogP contribution in [0, 0.1) is 0 Å². The lowest BCUT2D eigenvalue weighted by Crippen LogP contribution is -1.94. The van der Waals surface area contributed by atoms with Gasteiger partial charge in [-0.25, -0.2) is 4.79 Å². The first-order chi connectivity index (χ1) is 10.5. The number of benzene rings is 1. The number of carbonyl (C=O) groups is 1. The van der Waals surface area contributed by atoms with Crippen molar-refractivity contribution in [2.75, 3.05) is 6.61 Å². The SMILES string of the molecule is CC(C)=CCC/C(C)=C/COc1ccc(/C=C/C(=O)O)cc1. The molecule has 118 valence electrons. The standard InChI is InChI=1S/C19H24O3/c1-15(2)5-4-6-16(3)13-14-22-18-10-7-17(8-11-18)9-12-19(20)21/h5,7-13H,4,6,14H2,1-3H3,(H,20,21)/b12-9+,16-13+. The van der Waals surface area contributed by atoms with Crippen molar-refractivity contribution >= 4 is 12.0 Å². The van der Waals surface area contributed by atoms with Crippen LogP contribution in [-0.2, 0) is 4.79 Å². The summed E-state index contributed by atoms with van der Waals surface area (Å²) in [6.45, 7) is 6.88. The van der Waals surface area contributed by atoms with E-state index in [2.05, 4.69) is 32.9 Å². The minimum absolute atomic E-state index is 0.547. The fourth-order valence-electron chi connectivity index (χ4n) is 1.81. The molecule has 22 heavy (non-hydrogen) atoms. The van der Waals surface area contributed by atoms with Crippen molar-refractivity contribution in [2.45, 2.75) is 33.6 Å². The molecular weight excluding hydrogens is 276 g/mol. The lowest BCUT2D eigenvalue weighted by atomic mass is 10.1. The van der Waals surface area contributed by atoms with Gasteiger partial charge in [-0.2, -0.15) is 0 Å². The highest BCUT2D eigenvalue weighted by atomic mass is 16.5. The van der Waals surface area contributed by atoms with Gasteiger partial charge in [0.2, 0.25) is 0 Å². The molecule has 0 amide bonds. The lowest BCUT2D eigenvalue weighted by Gasteiger charge is -2.05. The third-order valence-electron chi connectivity index (χ3n) is 3.07. The fourth-order valence-corrected chi connectivity index (χ4v) is 1.81. The summed E-state index contributed by atoms with van der Waals surface area (Å²) in [4.78, 5) is 10.4. The molecule has 3 heteroatoms. The summed E-state index contributed by atoms with van der Waals surface area (Å²) in [6.07, 6.45) is 9.12. The molecule has 1 aromatic carbocycles. The average Bonchev–Trinajstić information content (AvgIpc) is 2.46. The van der Waals surface area contributed by atoms with E-state index in [-0.39, 0.29) is 0 Å². The summed E-state index contributed by atoms with van der Waals surface area (Å²) in [5.74, 6) is -0.171. The van der Waals surface area contributed by atoms with Gasteiger partial charge in [-0.3, -0.25) is 0 Å². The molecule has 0 fully saturated rings. The third kappa shape index (κ3) is 8.10. The van der Waals surface area contributed by atoms with Crippen LogP contribution < -0.4 is 4.74 Å². The largest absolute Gasteiger partial charge is 0.490 e. The van der Waals surface area contributed by atoms with Crippen LogP contribution in [0.2, 0.25) is 0 Å². The first kappa shape index (κ1) is 17.8. The number of rotatable bonds is 8. The van der Waals surface area contributed by atoms with E-state index in [0.717, 1.165) is 30.2 Å². The quantitative estimate of drug-likeness (QED) is 0.551. The van der Waals surface area contributed by atoms with Gasteiger partial charge in [0.05, 0.1) is 0 Å². The van der Waals surface area contributed by atoms with Gasteiger partial charge in [0, 0.05) is 6.08 Å². The molecule has 0 saturated heterocycles. The van der Waals surface area contributed by atoms with E-state index in [1.54, 1.807) is 6.08 Å². The molecule has 0 aliphatic rings. The smallest absolute Gasteiger partial charge is 0.328 e. The van der Waals surface area contributed by atoms with Gasteiger partial charge in [0.1, 0.15) is 12.4 Å². The van der Waals surface area contributed by atoms with Crippen LogP contribution in [0.15, 0.2) is 53.6 Å². The van der Waals surface area contributed by atoms with Crippen LogP contribution >= 0.6 is 0 Å². The van der Waals surface area contributed by atoms with Crippen molar-refractivity contribution in [3.05, 3.63) is 59.2 Å². The Bertz CT molecular complexity index is 559. The van der Waals surface area contributed by atoms with Gasteiger partial charge in [0.15, 0.2) is 0 Å². The molecule has 1 N–H and O–H groups in total. The van der Waals surface area contributed by atoms with Crippen LogP contribution in [0.5, 0.6) is 5.75 Å². The first-order valence-electron chi connectivity index (χ1n) is 7.40. The number of carboxylic acid groups (broad SMARTS) is 1. The monoisotopic (exact) mass is 300 g/mol. The molecule has 0 aromatic heterocycles. The molecule has 0 atom stereocenters. The van der Waals surface area contributed by atoms with Crippen LogP contribution in [-0.4, -0.2) is 17.7 Å². The Morgan fingerprint density at radius 2 is 1.82 bits per heavy atom. The number of hydrogen-bond donors (Lipinski definition) is 1. The van der Waals surface area contributed by atoms with E-state index in [4.69, 9.17) is 9.84 Å². The maximum atomic E-state index is 10.4. The number of hydrogen-bond acceptors (Lipinski definition) is 2. The summed E-state index contributed by atoms with van der Waals surface area (Å²) in [5, 5.41) is 8.57. The van der Waals surface area contributed by atoms with Crippen molar-refractivity contribution in [1.29, 1.82) is 0 Å². The van der Waals surface area contributed by atoms with Gasteiger partial charge in [0.25, 0.3) is 0 Å². The Kier molecular flexibility index (Phi) is 7.76. The summed E-state index contributed by atoms with van der Waals surface area (Å²) < 4.78 is 5.65. The summed E-state index contributed by atoms with van der Waals surface area (Å²) >= 11 is 0. The van der Waals surface area contributed by atoms with Crippen LogP contribution in [0.4, 0.5) is 0 Å². The predicted octanol–water partition coefficient (Wildman–Crippen LogP) is 4.86. The highest BCUT2D eigenvalue weighted by molar-refractivity contribution is 5.85. The van der Waals surface area contributed by atoms with E-state index in [1.807, 2.05) is 24.3 Å². The zero-order chi connectivity index (χ0) is 16.4. The molecule has 0 saturated carbocycles. The number of aliphatic carboxylic acids is 1. The Balaban J connectivity index is 2.41. The van der Waals surface area contributed by atoms with E-state index >= 15 is 0 Å². The Morgan fingerprint density at radius 3 is 2.41 bits per heavy atom. The maximum Gasteiger partial charge on any atom is 0.328 e. The molecule has 0 aliphatic heterocycles. The molecule has 0 bridgehead atoms. The van der Waals surface area contributed by atoms with Crippen molar-refractivity contribution < 1.29 is 14.6 Å². The molecule has 0 heterocycles. The summed E-state index contributed by atoms with van der Waals surface area (Å²) in [7, 11) is 0. The zero-order valence-corrected chi connectivity index (χ0v) is 13.5. The van der Waals surface area contributed by atoms with Gasteiger partial charge in [-0.15, -0.1) is 0 Å². The van der Waals surface area contributed by atoms with Crippen molar-refractivity contribution in [1.82, 2.24) is 0 Å². The molecular formula is C19H24O3. The van der Waals surface area contributed by atoms with Gasteiger partial charge < -0.3 is 9.84 Å². The maximum absolute atomic E-state index is 10.4. The lowest BCUT2D eigenvalue weighted by molar-refractivity contribution is -0.131. The molecule has 0 aliphatic carbocycles. The second-order valence-electron chi connectivity index (χ2n) is 5.42. The molecule has 1 aromatic rings. The molecule has 3 nitrogen and oxygen atoms in total. The van der Waals surface area contributed by atoms with Crippen LogP contribution in [0.3, 0.4) is 0 Å². The Morgan fingerprint density at radius 1 is 1.14 bits per heavy atom. The Labute approximate surface area is 132 Å². The highest BCUT2D eigenvalue weighted by Gasteiger charge is 1.94. The summed E-state index contributed by atoms with van der Waals surface area (Å²) in [5.41, 5.74) is 3.50. The second kappa shape index (κ2) is 9.61. The summed E-state index contributed by atoms with van der Waals surface area (Å²) in [6, 6.07) is 7.35. The van der Waals surface area contributed by atoms with E-state index in [1.165, 1.54) is 11.1 Å². The van der Waals surface area contributed by atoms with Gasteiger partial charge in [-0.1, -0.05) is 29.4 Å². The number of allylic oxidation sites excluding steroid dienone is 3. The number of carboxylic acids is 1. The van der Waals surface area contributed by atoms with E-state index in [0.29, 0.717) is 6.61 Å². The van der Waals surface area contributed by atoms with Gasteiger partial charge >= 0.3 is 5.97 Å². The molecule has 0 radical (unpaired) electrons. The predicted molar refractivity (Wildman–Crippen MR) is 91.0 cm³/mol. The third-order valence-corrected chi connectivity index (χ3v) is 3.07. The van der Waals surface area contributed by atoms with Crippen LogP contribution in [0.1, 0.15) is 39.2 Å². The molecule has 0 unspecified atom stereocenters. The minimum atomic E-state index is -0.950. The number of ether oxygens (including phenoxy) is 1. The fraction of sp³-hybridized carbons (Fsp3) is 0.316. The van der Waals surface area contributed by atoms with Crippen molar-refractivity contribution in [2.24, 2.45) is 0 Å². The Hall–Kier alpha value is -2.29. The van der Waals surface area contributed by atoms with Crippen molar-refractivity contribution in [3.8, 4) is 5.75 Å². The first-order valence-corrected chi connectivity index (χ1v) is 7.40. The van der Waals surface area contributed by atoms with Crippen LogP contribution in [0.25, 0.3) is 6.08 Å². The average molecular weight is 300 g/mol.